The number of benzene rings is 1. The Hall–Kier alpha value is -2.27. The van der Waals surface area contributed by atoms with Crippen LogP contribution in [0.3, 0.4) is 0 Å². The Morgan fingerprint density at radius 1 is 1.15 bits per heavy atom. The van der Waals surface area contributed by atoms with Crippen LogP contribution in [0.25, 0.3) is 11.4 Å². The minimum Gasteiger partial charge on any atom is -0.328 e. The summed E-state index contributed by atoms with van der Waals surface area (Å²) in [4.78, 5) is 18.3. The van der Waals surface area contributed by atoms with Crippen molar-refractivity contribution in [1.82, 2.24) is 15.0 Å². The van der Waals surface area contributed by atoms with E-state index in [1.165, 1.54) is 25.7 Å². The van der Waals surface area contributed by atoms with Gasteiger partial charge in [0.05, 0.1) is 0 Å². The van der Waals surface area contributed by atoms with Crippen LogP contribution in [0.5, 0.6) is 0 Å². The Kier molecular flexibility index (Phi) is 4.72. The number of aromatic nitrogens is 3. The van der Waals surface area contributed by atoms with Crippen molar-refractivity contribution in [2.45, 2.75) is 39.5 Å². The zero-order valence-electron chi connectivity index (χ0n) is 15.0. The molecule has 134 valence electrons. The van der Waals surface area contributed by atoms with Crippen LogP contribution in [0.2, 0.25) is 5.02 Å². The molecule has 5 nitrogen and oxygen atoms in total. The Morgan fingerprint density at radius 2 is 1.96 bits per heavy atom. The third kappa shape index (κ3) is 4.47. The lowest BCUT2D eigenvalue weighted by Crippen LogP contribution is -2.05. The molecule has 2 aromatic rings. The maximum absolute atomic E-state index is 6.13. The summed E-state index contributed by atoms with van der Waals surface area (Å²) in [5.74, 6) is 2.81. The monoisotopic (exact) mass is 367 g/mol. The largest absolute Gasteiger partial charge is 0.328 e. The summed E-state index contributed by atoms with van der Waals surface area (Å²) < 4.78 is 0. The van der Waals surface area contributed by atoms with Crippen molar-refractivity contribution < 1.29 is 0 Å². The Morgan fingerprint density at radius 3 is 2.65 bits per heavy atom. The zero-order chi connectivity index (χ0) is 18.1. The number of nitrogens with one attached hydrogen (secondary N) is 1. The van der Waals surface area contributed by atoms with E-state index >= 15 is 0 Å². The quantitative estimate of drug-likeness (QED) is 0.692. The van der Waals surface area contributed by atoms with Crippen LogP contribution in [-0.2, 0) is 0 Å². The van der Waals surface area contributed by atoms with Crippen LogP contribution in [0.15, 0.2) is 41.0 Å². The maximum Gasteiger partial charge on any atom is 0.254 e. The van der Waals surface area contributed by atoms with Gasteiger partial charge in [-0.25, -0.2) is 4.99 Å². The van der Waals surface area contributed by atoms with Gasteiger partial charge in [-0.05, 0) is 63.5 Å². The SMILES string of the molecule is CC(=CC1CC1)Nc1nc(N=C(C)C2CC2)nc(-c2cccc(Cl)c2)n1. The Balaban J connectivity index is 1.69. The van der Waals surface area contributed by atoms with Gasteiger partial charge in [0.15, 0.2) is 5.82 Å². The van der Waals surface area contributed by atoms with Gasteiger partial charge in [-0.2, -0.15) is 15.0 Å². The third-order valence-corrected chi connectivity index (χ3v) is 4.80. The second-order valence-corrected chi connectivity index (χ2v) is 7.57. The van der Waals surface area contributed by atoms with E-state index in [1.54, 1.807) is 0 Å². The molecule has 26 heavy (non-hydrogen) atoms. The van der Waals surface area contributed by atoms with Gasteiger partial charge in [0, 0.05) is 22.0 Å². The van der Waals surface area contributed by atoms with Gasteiger partial charge < -0.3 is 5.32 Å². The smallest absolute Gasteiger partial charge is 0.254 e. The predicted octanol–water partition coefficient (Wildman–Crippen LogP) is 5.42. The highest BCUT2D eigenvalue weighted by molar-refractivity contribution is 6.30. The van der Waals surface area contributed by atoms with Gasteiger partial charge in [0.25, 0.3) is 5.95 Å². The predicted molar refractivity (Wildman–Crippen MR) is 106 cm³/mol. The maximum atomic E-state index is 6.13. The summed E-state index contributed by atoms with van der Waals surface area (Å²) >= 11 is 6.13. The van der Waals surface area contributed by atoms with Gasteiger partial charge in [0.1, 0.15) is 0 Å². The summed E-state index contributed by atoms with van der Waals surface area (Å²) in [5.41, 5.74) is 3.00. The summed E-state index contributed by atoms with van der Waals surface area (Å²) in [6, 6.07) is 7.53. The number of rotatable bonds is 6. The van der Waals surface area contributed by atoms with E-state index < -0.39 is 0 Å². The first-order chi connectivity index (χ1) is 12.6. The van der Waals surface area contributed by atoms with Crippen LogP contribution in [0.4, 0.5) is 11.9 Å². The van der Waals surface area contributed by atoms with Crippen LogP contribution in [0, 0.1) is 11.8 Å². The van der Waals surface area contributed by atoms with Crippen molar-refractivity contribution in [3.05, 3.63) is 41.1 Å². The molecule has 1 heterocycles. The van der Waals surface area contributed by atoms with Crippen LogP contribution >= 0.6 is 11.6 Å². The van der Waals surface area contributed by atoms with E-state index in [1.807, 2.05) is 38.1 Å². The highest BCUT2D eigenvalue weighted by atomic mass is 35.5. The fourth-order valence-electron chi connectivity index (χ4n) is 2.81. The molecule has 0 unspecified atom stereocenters. The third-order valence-electron chi connectivity index (χ3n) is 4.57. The molecular weight excluding hydrogens is 346 g/mol. The molecule has 0 radical (unpaired) electrons. The molecular formula is C20H22ClN5. The van der Waals surface area contributed by atoms with Crippen LogP contribution in [-0.4, -0.2) is 20.7 Å². The number of hydrogen-bond acceptors (Lipinski definition) is 5. The molecule has 0 bridgehead atoms. The van der Waals surface area contributed by atoms with Gasteiger partial charge in [0.2, 0.25) is 5.95 Å². The van der Waals surface area contributed by atoms with E-state index in [2.05, 4.69) is 31.3 Å². The molecule has 1 aromatic carbocycles. The first kappa shape index (κ1) is 17.2. The van der Waals surface area contributed by atoms with Crippen LogP contribution < -0.4 is 5.32 Å². The molecule has 1 N–H and O–H groups in total. The number of halogens is 1. The van der Waals surface area contributed by atoms with Crippen molar-refractivity contribution >= 4 is 29.2 Å². The van der Waals surface area contributed by atoms with Gasteiger partial charge in [-0.3, -0.25) is 0 Å². The summed E-state index contributed by atoms with van der Waals surface area (Å²) in [5, 5.41) is 3.95. The fourth-order valence-corrected chi connectivity index (χ4v) is 3.00. The molecule has 0 amide bonds. The topological polar surface area (TPSA) is 63.1 Å². The van der Waals surface area contributed by atoms with E-state index in [-0.39, 0.29) is 0 Å². The van der Waals surface area contributed by atoms with Crippen LogP contribution in [0.1, 0.15) is 39.5 Å². The molecule has 6 heteroatoms. The minimum atomic E-state index is 0.445. The molecule has 2 fully saturated rings. The van der Waals surface area contributed by atoms with E-state index in [9.17, 15) is 0 Å². The molecule has 0 saturated heterocycles. The lowest BCUT2D eigenvalue weighted by molar-refractivity contribution is 1.02. The van der Waals surface area contributed by atoms with Crippen molar-refractivity contribution in [3.8, 4) is 11.4 Å². The summed E-state index contributed by atoms with van der Waals surface area (Å²) in [7, 11) is 0. The number of anilines is 1. The molecule has 1 aromatic heterocycles. The normalized spacial score (nSPS) is 18.1. The summed E-state index contributed by atoms with van der Waals surface area (Å²) in [6.07, 6.45) is 7.17. The van der Waals surface area contributed by atoms with Crippen molar-refractivity contribution in [2.24, 2.45) is 16.8 Å². The molecule has 0 aliphatic heterocycles. The number of allylic oxidation sites excluding steroid dienone is 2. The van der Waals surface area contributed by atoms with E-state index in [4.69, 9.17) is 11.6 Å². The highest BCUT2D eigenvalue weighted by Gasteiger charge is 2.25. The van der Waals surface area contributed by atoms with E-state index in [0.29, 0.717) is 34.6 Å². The molecule has 4 rings (SSSR count). The second kappa shape index (κ2) is 7.16. The highest BCUT2D eigenvalue weighted by Crippen LogP contribution is 2.32. The Bertz CT molecular complexity index is 882. The first-order valence-electron chi connectivity index (χ1n) is 9.09. The van der Waals surface area contributed by atoms with Gasteiger partial charge in [-0.1, -0.05) is 29.8 Å². The minimum absolute atomic E-state index is 0.445. The second-order valence-electron chi connectivity index (χ2n) is 7.13. The van der Waals surface area contributed by atoms with Crippen molar-refractivity contribution in [3.63, 3.8) is 0 Å². The fraction of sp³-hybridized carbons (Fsp3) is 0.400. The average molecular weight is 368 g/mol. The first-order valence-corrected chi connectivity index (χ1v) is 9.47. The van der Waals surface area contributed by atoms with Gasteiger partial charge >= 0.3 is 0 Å². The van der Waals surface area contributed by atoms with Gasteiger partial charge in [-0.15, -0.1) is 0 Å². The van der Waals surface area contributed by atoms with Crippen molar-refractivity contribution in [1.29, 1.82) is 0 Å². The average Bonchev–Trinajstić information content (AvgIpc) is 3.48. The van der Waals surface area contributed by atoms with E-state index in [0.717, 1.165) is 17.0 Å². The molecule has 0 atom stereocenters. The molecule has 2 aliphatic rings. The molecule has 0 spiro atoms. The van der Waals surface area contributed by atoms with Crippen molar-refractivity contribution in [2.75, 3.05) is 5.32 Å². The summed E-state index contributed by atoms with van der Waals surface area (Å²) in [6.45, 7) is 4.09. The Labute approximate surface area is 158 Å². The molecule has 2 saturated carbocycles. The standard InChI is InChI=1S/C20H22ClN5/c1-12(10-14-6-7-14)22-19-24-18(16-4-3-5-17(21)11-16)25-20(26-19)23-13(2)15-8-9-15/h3-5,10-11,14-15H,6-9H2,1-2H3,(H,22,24,25,26). The zero-order valence-corrected chi connectivity index (χ0v) is 15.8. The number of nitrogens with zero attached hydrogens (tertiary/aromatic N) is 4. The lowest BCUT2D eigenvalue weighted by Gasteiger charge is -2.08. The number of hydrogen-bond donors (Lipinski definition) is 1. The molecule has 2 aliphatic carbocycles. The lowest BCUT2D eigenvalue weighted by atomic mass is 10.2. The number of aliphatic imine (C=N–C) groups is 1.